The lowest BCUT2D eigenvalue weighted by Gasteiger charge is -2.29. The lowest BCUT2D eigenvalue weighted by Crippen LogP contribution is -2.31. The number of rotatable bonds is 6. The van der Waals surface area contributed by atoms with E-state index in [1.165, 1.54) is 32.1 Å². The van der Waals surface area contributed by atoms with Gasteiger partial charge < -0.3 is 15.0 Å². The first-order valence-corrected chi connectivity index (χ1v) is 11.1. The molecule has 158 valence electrons. The predicted octanol–water partition coefficient (Wildman–Crippen LogP) is 6.92. The highest BCUT2D eigenvalue weighted by atomic mass is 16.3. The monoisotopic (exact) mass is 394 g/mol. The smallest absolute Gasteiger partial charge is 0.0967 e. The number of hydrogen-bond acceptors (Lipinski definition) is 2. The summed E-state index contributed by atoms with van der Waals surface area (Å²) in [5, 5.41) is 13.5. The Morgan fingerprint density at radius 1 is 1.24 bits per heavy atom. The molecule has 0 spiro atoms. The van der Waals surface area contributed by atoms with Crippen molar-refractivity contribution >= 4 is 11.6 Å². The van der Waals surface area contributed by atoms with Crippen LogP contribution in [0.15, 0.2) is 60.5 Å². The molecule has 0 saturated heterocycles. The van der Waals surface area contributed by atoms with Gasteiger partial charge in [-0.05, 0) is 62.0 Å². The number of hydrogen-bond donors (Lipinski definition) is 2. The predicted molar refractivity (Wildman–Crippen MR) is 127 cm³/mol. The molecule has 2 N–H and O–H groups in total. The van der Waals surface area contributed by atoms with Crippen LogP contribution in [0.5, 0.6) is 0 Å². The minimum Gasteiger partial charge on any atom is -0.512 e. The molecule has 0 radical (unpaired) electrons. The molecule has 3 rings (SSSR count). The molecule has 0 aliphatic heterocycles. The molecule has 29 heavy (non-hydrogen) atoms. The zero-order valence-electron chi connectivity index (χ0n) is 18.6. The van der Waals surface area contributed by atoms with E-state index in [9.17, 15) is 5.11 Å². The van der Waals surface area contributed by atoms with Gasteiger partial charge in [0, 0.05) is 42.2 Å². The lowest BCUT2D eigenvalue weighted by molar-refractivity contribution is 0.298. The highest BCUT2D eigenvalue weighted by molar-refractivity contribution is 5.75. The quantitative estimate of drug-likeness (QED) is 0.514. The molecule has 0 amide bonds. The second-order valence-electron chi connectivity index (χ2n) is 7.72. The average molecular weight is 395 g/mol. The standard InChI is InChI=1S/C24H32N2O.C2H6/c1-4-19-10-12-21(13-11-19)25-18(2)9-14-22-15-16-24(26(22)3)20-7-5-6-8-23(27)17-20;1-2/h5-7,9,14-17,19,21,25,27H,2,4,8,10-13H2,1,3H3;1-2H3/b14-9-;. The van der Waals surface area contributed by atoms with E-state index in [-0.39, 0.29) is 0 Å². The number of nitrogens with one attached hydrogen (secondary N) is 1. The summed E-state index contributed by atoms with van der Waals surface area (Å²) in [6.45, 7) is 10.5. The van der Waals surface area contributed by atoms with Crippen LogP contribution in [0.25, 0.3) is 11.6 Å². The molecule has 0 bridgehead atoms. The van der Waals surface area contributed by atoms with Gasteiger partial charge in [-0.15, -0.1) is 0 Å². The van der Waals surface area contributed by atoms with Crippen LogP contribution >= 0.6 is 0 Å². The van der Waals surface area contributed by atoms with Crippen LogP contribution in [-0.2, 0) is 7.05 Å². The fourth-order valence-electron chi connectivity index (χ4n) is 4.00. The van der Waals surface area contributed by atoms with Crippen LogP contribution in [0.1, 0.15) is 70.7 Å². The SMILES string of the molecule is C=C(/C=C\c1ccc(C2=CC=CCC(O)=C2)n1C)NC1CCC(CC)CC1.CC. The summed E-state index contributed by atoms with van der Waals surface area (Å²) in [7, 11) is 2.05. The molecule has 1 fully saturated rings. The van der Waals surface area contributed by atoms with Crippen molar-refractivity contribution in [2.45, 2.75) is 65.3 Å². The van der Waals surface area contributed by atoms with E-state index in [2.05, 4.69) is 54.7 Å². The van der Waals surface area contributed by atoms with Gasteiger partial charge in [-0.1, -0.05) is 52.0 Å². The summed E-state index contributed by atoms with van der Waals surface area (Å²) in [6, 6.07) is 4.76. The third-order valence-corrected chi connectivity index (χ3v) is 5.79. The molecule has 1 heterocycles. The van der Waals surface area contributed by atoms with Crippen LogP contribution in [-0.4, -0.2) is 15.7 Å². The molecule has 0 aromatic carbocycles. The van der Waals surface area contributed by atoms with Gasteiger partial charge in [0.25, 0.3) is 0 Å². The largest absolute Gasteiger partial charge is 0.512 e. The summed E-state index contributed by atoms with van der Waals surface area (Å²) in [4.78, 5) is 0. The lowest BCUT2D eigenvalue weighted by atomic mass is 9.84. The molecule has 1 saturated carbocycles. The number of allylic oxidation sites excluding steroid dienone is 6. The Hall–Kier alpha value is -2.42. The van der Waals surface area contributed by atoms with Crippen molar-refractivity contribution in [2.24, 2.45) is 13.0 Å². The van der Waals surface area contributed by atoms with Gasteiger partial charge in [0.1, 0.15) is 0 Å². The van der Waals surface area contributed by atoms with Crippen molar-refractivity contribution in [1.82, 2.24) is 9.88 Å². The fourth-order valence-corrected chi connectivity index (χ4v) is 4.00. The van der Waals surface area contributed by atoms with E-state index in [1.807, 2.05) is 38.2 Å². The second kappa shape index (κ2) is 11.5. The van der Waals surface area contributed by atoms with E-state index >= 15 is 0 Å². The number of aromatic nitrogens is 1. The minimum absolute atomic E-state index is 0.392. The highest BCUT2D eigenvalue weighted by Crippen LogP contribution is 2.27. The summed E-state index contributed by atoms with van der Waals surface area (Å²) >= 11 is 0. The van der Waals surface area contributed by atoms with Gasteiger partial charge in [-0.2, -0.15) is 0 Å². The van der Waals surface area contributed by atoms with E-state index in [0.29, 0.717) is 18.2 Å². The zero-order chi connectivity index (χ0) is 21.2. The molecular formula is C26H38N2O. The summed E-state index contributed by atoms with van der Waals surface area (Å²) in [5.41, 5.74) is 4.20. The molecule has 3 nitrogen and oxygen atoms in total. The van der Waals surface area contributed by atoms with Crippen LogP contribution in [0, 0.1) is 5.92 Å². The van der Waals surface area contributed by atoms with E-state index in [4.69, 9.17) is 0 Å². The van der Waals surface area contributed by atoms with Crippen LogP contribution in [0.2, 0.25) is 0 Å². The van der Waals surface area contributed by atoms with Crippen molar-refractivity contribution in [3.8, 4) is 0 Å². The molecule has 2 aliphatic carbocycles. The first kappa shape index (κ1) is 22.9. The van der Waals surface area contributed by atoms with Crippen molar-refractivity contribution in [2.75, 3.05) is 0 Å². The highest BCUT2D eigenvalue weighted by Gasteiger charge is 2.19. The summed E-state index contributed by atoms with van der Waals surface area (Å²) in [6.07, 6.45) is 19.1. The maximum atomic E-state index is 9.91. The Labute approximate surface area is 177 Å². The third-order valence-electron chi connectivity index (χ3n) is 5.79. The van der Waals surface area contributed by atoms with Crippen molar-refractivity contribution in [3.63, 3.8) is 0 Å². The van der Waals surface area contributed by atoms with Crippen LogP contribution in [0.4, 0.5) is 0 Å². The van der Waals surface area contributed by atoms with E-state index < -0.39 is 0 Å². The average Bonchev–Trinajstić information content (AvgIpc) is 2.96. The molecular weight excluding hydrogens is 356 g/mol. The topological polar surface area (TPSA) is 37.2 Å². The molecule has 1 aromatic rings. The molecule has 0 unspecified atom stereocenters. The van der Waals surface area contributed by atoms with Gasteiger partial charge in [-0.3, -0.25) is 0 Å². The van der Waals surface area contributed by atoms with Crippen LogP contribution < -0.4 is 5.32 Å². The summed E-state index contributed by atoms with van der Waals surface area (Å²) < 4.78 is 2.14. The van der Waals surface area contributed by atoms with E-state index in [0.717, 1.165) is 28.6 Å². The Balaban J connectivity index is 0.00000145. The first-order valence-electron chi connectivity index (χ1n) is 11.1. The second-order valence-corrected chi connectivity index (χ2v) is 7.72. The Kier molecular flexibility index (Phi) is 9.11. The van der Waals surface area contributed by atoms with E-state index in [1.54, 1.807) is 0 Å². The van der Waals surface area contributed by atoms with Crippen LogP contribution in [0.3, 0.4) is 0 Å². The molecule has 2 aliphatic rings. The van der Waals surface area contributed by atoms with Crippen molar-refractivity contribution in [1.29, 1.82) is 0 Å². The van der Waals surface area contributed by atoms with Gasteiger partial charge in [0.2, 0.25) is 0 Å². The van der Waals surface area contributed by atoms with Crippen molar-refractivity contribution in [3.05, 3.63) is 71.9 Å². The number of aliphatic hydroxyl groups excluding tert-OH is 1. The normalized spacial score (nSPS) is 21.7. The van der Waals surface area contributed by atoms with Gasteiger partial charge in [0.15, 0.2) is 0 Å². The van der Waals surface area contributed by atoms with Crippen molar-refractivity contribution < 1.29 is 5.11 Å². The maximum absolute atomic E-state index is 9.91. The zero-order valence-corrected chi connectivity index (χ0v) is 18.6. The third kappa shape index (κ3) is 6.56. The number of nitrogens with zero attached hydrogens (tertiary/aromatic N) is 1. The van der Waals surface area contributed by atoms with Gasteiger partial charge in [0.05, 0.1) is 5.76 Å². The van der Waals surface area contributed by atoms with Gasteiger partial charge in [-0.25, -0.2) is 0 Å². The number of aliphatic hydroxyl groups is 1. The molecule has 0 atom stereocenters. The Morgan fingerprint density at radius 2 is 1.97 bits per heavy atom. The first-order chi connectivity index (χ1) is 14.1. The molecule has 1 aromatic heterocycles. The Bertz CT molecular complexity index is 784. The Morgan fingerprint density at radius 3 is 2.66 bits per heavy atom. The minimum atomic E-state index is 0.392. The summed E-state index contributed by atoms with van der Waals surface area (Å²) in [5.74, 6) is 1.30. The molecule has 3 heteroatoms. The maximum Gasteiger partial charge on any atom is 0.0967 e. The fraction of sp³-hybridized carbons (Fsp3) is 0.462. The van der Waals surface area contributed by atoms with Gasteiger partial charge >= 0.3 is 0 Å².